The average molecular weight is 581 g/mol. The Morgan fingerprint density at radius 2 is 1.88 bits per heavy atom. The van der Waals surface area contributed by atoms with E-state index in [1.165, 1.54) is 16.2 Å². The summed E-state index contributed by atoms with van der Waals surface area (Å²) in [6.45, 7) is 3.58. The molecule has 5 rings (SSSR count). The Morgan fingerprint density at radius 3 is 2.59 bits per heavy atom. The predicted octanol–water partition coefficient (Wildman–Crippen LogP) is 4.10. The van der Waals surface area contributed by atoms with Gasteiger partial charge < -0.3 is 23.5 Å². The summed E-state index contributed by atoms with van der Waals surface area (Å²) >= 11 is 6.52. The Labute approximate surface area is 244 Å². The van der Waals surface area contributed by atoms with Crippen molar-refractivity contribution in [1.82, 2.24) is 14.8 Å². The second-order valence-electron chi connectivity index (χ2n) is 9.75. The van der Waals surface area contributed by atoms with Crippen LogP contribution in [-0.2, 0) is 9.53 Å². The average Bonchev–Trinajstić information content (AvgIpc) is 3.70. The first-order valence-electron chi connectivity index (χ1n) is 13.5. The second kappa shape index (κ2) is 13.2. The molecule has 0 N–H and O–H groups in total. The van der Waals surface area contributed by atoms with Crippen molar-refractivity contribution in [3.05, 3.63) is 82.8 Å². The van der Waals surface area contributed by atoms with Gasteiger partial charge in [0, 0.05) is 48.7 Å². The van der Waals surface area contributed by atoms with Crippen molar-refractivity contribution < 1.29 is 28.2 Å². The minimum Gasteiger partial charge on any atom is -0.497 e. The highest BCUT2D eigenvalue weighted by Gasteiger charge is 2.37. The normalized spacial score (nSPS) is 17.3. The van der Waals surface area contributed by atoms with Crippen molar-refractivity contribution in [3.63, 3.8) is 0 Å². The Hall–Kier alpha value is -3.86. The van der Waals surface area contributed by atoms with Gasteiger partial charge in [-0.2, -0.15) is 5.10 Å². The van der Waals surface area contributed by atoms with Crippen molar-refractivity contribution in [2.24, 2.45) is 5.10 Å². The summed E-state index contributed by atoms with van der Waals surface area (Å²) in [6, 6.07) is 15.6. The first kappa shape index (κ1) is 28.7. The zero-order chi connectivity index (χ0) is 28.8. The third-order valence-corrected chi connectivity index (χ3v) is 7.61. The molecule has 0 bridgehead atoms. The number of benzene rings is 2. The fourth-order valence-electron chi connectivity index (χ4n) is 5.07. The molecule has 10 nitrogen and oxygen atoms in total. The monoisotopic (exact) mass is 580 g/mol. The minimum atomic E-state index is -0.501. The van der Waals surface area contributed by atoms with Crippen molar-refractivity contribution in [2.45, 2.75) is 12.5 Å². The van der Waals surface area contributed by atoms with Crippen LogP contribution in [0.25, 0.3) is 0 Å². The molecule has 0 saturated carbocycles. The topological polar surface area (TPSA) is 97.0 Å². The molecule has 0 aliphatic carbocycles. The van der Waals surface area contributed by atoms with Crippen LogP contribution < -0.4 is 9.47 Å². The van der Waals surface area contributed by atoms with Crippen LogP contribution in [0.4, 0.5) is 0 Å². The van der Waals surface area contributed by atoms with E-state index in [0.717, 1.165) is 24.2 Å². The standard InChI is InChI=1S/C30H33ClN4O6/c1-38-21-9-10-27(39-2)23(18-21)26-19-25(22-6-3-4-7-24(22)31)32-35(26)29(36)20-34(30(37)28-8-5-15-41-28)12-11-33-13-16-40-17-14-33/h3-10,15,18,26H,11-14,16-17,19-20H2,1-2H3. The van der Waals surface area contributed by atoms with E-state index in [2.05, 4.69) is 4.90 Å². The summed E-state index contributed by atoms with van der Waals surface area (Å²) in [5, 5.41) is 6.74. The molecule has 2 amide bonds. The van der Waals surface area contributed by atoms with E-state index < -0.39 is 6.04 Å². The third-order valence-electron chi connectivity index (χ3n) is 7.28. The van der Waals surface area contributed by atoms with Crippen molar-refractivity contribution in [1.29, 1.82) is 0 Å². The minimum absolute atomic E-state index is 0.174. The first-order valence-corrected chi connectivity index (χ1v) is 13.9. The van der Waals surface area contributed by atoms with E-state index in [-0.39, 0.29) is 24.1 Å². The smallest absolute Gasteiger partial charge is 0.290 e. The Kier molecular flexibility index (Phi) is 9.23. The number of hydrazone groups is 1. The van der Waals surface area contributed by atoms with Crippen LogP contribution in [0.3, 0.4) is 0 Å². The SMILES string of the molecule is COc1ccc(OC)c(C2CC(c3ccccc3Cl)=NN2C(=O)CN(CCN2CCOCC2)C(=O)c2ccco2)c1. The number of hydrogen-bond acceptors (Lipinski definition) is 8. The van der Waals surface area contributed by atoms with Crippen LogP contribution in [0.5, 0.6) is 11.5 Å². The molecule has 1 saturated heterocycles. The summed E-state index contributed by atoms with van der Waals surface area (Å²) in [5.41, 5.74) is 2.14. The predicted molar refractivity (Wildman–Crippen MR) is 154 cm³/mol. The molecule has 1 unspecified atom stereocenters. The molecule has 11 heteroatoms. The fourth-order valence-corrected chi connectivity index (χ4v) is 5.32. The Morgan fingerprint density at radius 1 is 1.07 bits per heavy atom. The lowest BCUT2D eigenvalue weighted by Crippen LogP contribution is -2.46. The highest BCUT2D eigenvalue weighted by molar-refractivity contribution is 6.34. The zero-order valence-corrected chi connectivity index (χ0v) is 23.9. The zero-order valence-electron chi connectivity index (χ0n) is 23.1. The number of rotatable bonds is 10. The molecule has 0 radical (unpaired) electrons. The largest absolute Gasteiger partial charge is 0.497 e. The maximum atomic E-state index is 14.0. The lowest BCUT2D eigenvalue weighted by Gasteiger charge is -2.31. The highest BCUT2D eigenvalue weighted by Crippen LogP contribution is 2.40. The summed E-state index contributed by atoms with van der Waals surface area (Å²) in [6.07, 6.45) is 1.85. The number of carbonyl (C=O) groups excluding carboxylic acids is 2. The maximum absolute atomic E-state index is 14.0. The Balaban J connectivity index is 1.46. The van der Waals surface area contributed by atoms with Gasteiger partial charge in [-0.3, -0.25) is 14.5 Å². The molecule has 1 aromatic heterocycles. The van der Waals surface area contributed by atoms with Crippen LogP contribution in [0.15, 0.2) is 70.4 Å². The van der Waals surface area contributed by atoms with Crippen molar-refractivity contribution in [3.8, 4) is 11.5 Å². The third kappa shape index (κ3) is 6.56. The van der Waals surface area contributed by atoms with Crippen molar-refractivity contribution >= 4 is 29.1 Å². The molecular weight excluding hydrogens is 548 g/mol. The quantitative estimate of drug-likeness (QED) is 0.356. The van der Waals surface area contributed by atoms with Crippen LogP contribution >= 0.6 is 11.6 Å². The molecular formula is C30H33ClN4O6. The van der Waals surface area contributed by atoms with Gasteiger partial charge in [0.1, 0.15) is 18.0 Å². The number of furan rings is 1. The molecule has 3 heterocycles. The lowest BCUT2D eigenvalue weighted by atomic mass is 9.97. The molecule has 2 aliphatic heterocycles. The van der Waals surface area contributed by atoms with E-state index in [1.807, 2.05) is 24.3 Å². The molecule has 1 fully saturated rings. The van der Waals surface area contributed by atoms with E-state index in [4.69, 9.17) is 35.3 Å². The van der Waals surface area contributed by atoms with Gasteiger partial charge in [-0.05, 0) is 36.4 Å². The van der Waals surface area contributed by atoms with E-state index >= 15 is 0 Å². The fraction of sp³-hybridized carbons (Fsp3) is 0.367. The number of nitrogens with zero attached hydrogens (tertiary/aromatic N) is 4. The Bertz CT molecular complexity index is 1390. The van der Waals surface area contributed by atoms with Crippen LogP contribution in [-0.4, -0.2) is 92.5 Å². The number of methoxy groups -OCH3 is 2. The van der Waals surface area contributed by atoms with Gasteiger partial charge >= 0.3 is 0 Å². The number of morpholine rings is 1. The van der Waals surface area contributed by atoms with Crippen LogP contribution in [0, 0.1) is 0 Å². The molecule has 3 aromatic rings. The van der Waals surface area contributed by atoms with Gasteiger partial charge in [0.05, 0.1) is 45.5 Å². The van der Waals surface area contributed by atoms with Gasteiger partial charge in [-0.1, -0.05) is 29.8 Å². The molecule has 216 valence electrons. The van der Waals surface area contributed by atoms with Gasteiger partial charge in [-0.25, -0.2) is 5.01 Å². The van der Waals surface area contributed by atoms with E-state index in [9.17, 15) is 9.59 Å². The molecule has 1 atom stereocenters. The molecule has 41 heavy (non-hydrogen) atoms. The first-order chi connectivity index (χ1) is 20.0. The van der Waals surface area contributed by atoms with Gasteiger partial charge in [-0.15, -0.1) is 0 Å². The lowest BCUT2D eigenvalue weighted by molar-refractivity contribution is -0.133. The number of ether oxygens (including phenoxy) is 3. The van der Waals surface area contributed by atoms with Gasteiger partial charge in [0.2, 0.25) is 0 Å². The summed E-state index contributed by atoms with van der Waals surface area (Å²) < 4.78 is 22.0. The highest BCUT2D eigenvalue weighted by atomic mass is 35.5. The number of halogens is 1. The van der Waals surface area contributed by atoms with E-state index in [1.54, 1.807) is 44.6 Å². The summed E-state index contributed by atoms with van der Waals surface area (Å²) in [7, 11) is 3.17. The second-order valence-corrected chi connectivity index (χ2v) is 10.2. The van der Waals surface area contributed by atoms with E-state index in [0.29, 0.717) is 55.0 Å². The van der Waals surface area contributed by atoms with Gasteiger partial charge in [0.25, 0.3) is 11.8 Å². The van der Waals surface area contributed by atoms with Crippen LogP contribution in [0.2, 0.25) is 5.02 Å². The summed E-state index contributed by atoms with van der Waals surface area (Å²) in [5.74, 6) is 0.692. The number of amides is 2. The summed E-state index contributed by atoms with van der Waals surface area (Å²) in [4.78, 5) is 31.2. The molecule has 0 spiro atoms. The van der Waals surface area contributed by atoms with Crippen LogP contribution in [0.1, 0.15) is 34.1 Å². The number of carbonyl (C=O) groups is 2. The maximum Gasteiger partial charge on any atom is 0.290 e. The molecule has 2 aliphatic rings. The van der Waals surface area contributed by atoms with Gasteiger partial charge in [0.15, 0.2) is 5.76 Å². The number of hydrogen-bond donors (Lipinski definition) is 0. The molecule has 2 aromatic carbocycles. The van der Waals surface area contributed by atoms with Crippen molar-refractivity contribution in [2.75, 3.05) is 60.2 Å².